The highest BCUT2D eigenvalue weighted by atomic mass is 19.1. The number of amides is 3. The minimum Gasteiger partial charge on any atom is -0.374 e. The van der Waals surface area contributed by atoms with Gasteiger partial charge in [-0.2, -0.15) is 0 Å². The average Bonchev–Trinajstić information content (AvgIpc) is 3.23. The van der Waals surface area contributed by atoms with Gasteiger partial charge in [0.15, 0.2) is 5.82 Å². The maximum Gasteiger partial charge on any atom is 0.255 e. The van der Waals surface area contributed by atoms with Gasteiger partial charge in [0.1, 0.15) is 23.2 Å². The monoisotopic (exact) mass is 811 g/mol. The van der Waals surface area contributed by atoms with Crippen LogP contribution in [0.5, 0.6) is 0 Å². The first-order chi connectivity index (χ1) is 28.5. The van der Waals surface area contributed by atoms with E-state index in [0.717, 1.165) is 6.20 Å². The molecule has 0 radical (unpaired) electrons. The Balaban J connectivity index is 0.776. The number of anilines is 3. The first-order valence-electron chi connectivity index (χ1n) is 20.4. The predicted octanol–water partition coefficient (Wildman–Crippen LogP) is 4.91. The number of aromatic nitrogens is 3. The number of hydrogen-bond acceptors (Lipinski definition) is 10. The molecule has 4 fully saturated rings. The predicted molar refractivity (Wildman–Crippen MR) is 217 cm³/mol. The van der Waals surface area contributed by atoms with Crippen LogP contribution in [0.1, 0.15) is 51.4 Å². The van der Waals surface area contributed by atoms with E-state index in [9.17, 15) is 23.6 Å². The fourth-order valence-electron chi connectivity index (χ4n) is 8.73. The summed E-state index contributed by atoms with van der Waals surface area (Å²) in [5, 5.41) is 8.63. The molecule has 3 saturated heterocycles. The van der Waals surface area contributed by atoms with Crippen LogP contribution in [-0.4, -0.2) is 106 Å². The van der Waals surface area contributed by atoms with Crippen LogP contribution in [0, 0.1) is 17.6 Å². The second-order valence-corrected chi connectivity index (χ2v) is 16.1. The molecule has 1 atom stereocenters. The molecule has 4 aliphatic rings. The van der Waals surface area contributed by atoms with E-state index in [4.69, 9.17) is 0 Å². The Bertz CT molecular complexity index is 2250. The Kier molecular flexibility index (Phi) is 11.7. The molecule has 2 aromatic heterocycles. The summed E-state index contributed by atoms with van der Waals surface area (Å²) < 4.78 is 47.8. The van der Waals surface area contributed by atoms with E-state index in [2.05, 4.69) is 30.8 Å². The van der Waals surface area contributed by atoms with Crippen LogP contribution in [-0.2, 0) is 14.4 Å². The Morgan fingerprint density at radius 1 is 0.847 bits per heavy atom. The zero-order valence-electron chi connectivity index (χ0n) is 32.7. The molecule has 3 amide bonds. The number of alkyl halides is 1. The molecular formula is C43H48F3N9O4. The maximum absolute atomic E-state index is 16.2. The smallest absolute Gasteiger partial charge is 0.255 e. The summed E-state index contributed by atoms with van der Waals surface area (Å²) in [6.45, 7) is 3.23. The average molecular weight is 812 g/mol. The van der Waals surface area contributed by atoms with Crippen LogP contribution in [0.4, 0.5) is 30.5 Å². The van der Waals surface area contributed by atoms with Crippen molar-refractivity contribution in [3.8, 4) is 16.9 Å². The molecule has 8 rings (SSSR count). The highest BCUT2D eigenvalue weighted by Gasteiger charge is 2.40. The van der Waals surface area contributed by atoms with E-state index >= 15 is 8.78 Å². The molecule has 59 heavy (non-hydrogen) atoms. The molecule has 1 saturated carbocycles. The molecule has 16 heteroatoms. The van der Waals surface area contributed by atoms with E-state index in [1.165, 1.54) is 16.7 Å². The van der Waals surface area contributed by atoms with E-state index in [0.29, 0.717) is 94.0 Å². The molecule has 2 aromatic carbocycles. The molecule has 0 bridgehead atoms. The number of likely N-dealkylation sites (tertiary alicyclic amines) is 1. The van der Waals surface area contributed by atoms with E-state index < -0.39 is 29.3 Å². The summed E-state index contributed by atoms with van der Waals surface area (Å²) in [5.41, 5.74) is 0.516. The second-order valence-electron chi connectivity index (χ2n) is 16.1. The molecule has 1 unspecified atom stereocenters. The lowest BCUT2D eigenvalue weighted by atomic mass is 9.84. The third-order valence-electron chi connectivity index (χ3n) is 12.1. The van der Waals surface area contributed by atoms with E-state index in [1.807, 2.05) is 9.80 Å². The fourth-order valence-corrected chi connectivity index (χ4v) is 8.73. The molecule has 4 aromatic rings. The van der Waals surface area contributed by atoms with Crippen molar-refractivity contribution in [3.63, 3.8) is 0 Å². The molecule has 3 N–H and O–H groups in total. The van der Waals surface area contributed by atoms with Gasteiger partial charge in [-0.1, -0.05) is 18.2 Å². The number of nitrogens with one attached hydrogen (secondary N) is 3. The van der Waals surface area contributed by atoms with Gasteiger partial charge in [0.05, 0.1) is 11.9 Å². The van der Waals surface area contributed by atoms with Gasteiger partial charge in [-0.05, 0) is 68.5 Å². The number of piperazine rings is 1. The maximum atomic E-state index is 16.2. The largest absolute Gasteiger partial charge is 0.374 e. The van der Waals surface area contributed by atoms with Gasteiger partial charge < -0.3 is 20.4 Å². The van der Waals surface area contributed by atoms with E-state index in [1.54, 1.807) is 54.7 Å². The lowest BCUT2D eigenvalue weighted by Gasteiger charge is -2.43. The van der Waals surface area contributed by atoms with Crippen molar-refractivity contribution in [2.45, 2.75) is 69.1 Å². The lowest BCUT2D eigenvalue weighted by molar-refractivity contribution is -0.139. The summed E-state index contributed by atoms with van der Waals surface area (Å²) in [5.74, 6) is -1.52. The number of carbonyl (C=O) groups is 3. The van der Waals surface area contributed by atoms with Gasteiger partial charge in [-0.25, -0.2) is 23.1 Å². The van der Waals surface area contributed by atoms with Crippen LogP contribution in [0.3, 0.4) is 0 Å². The first-order valence-corrected chi connectivity index (χ1v) is 20.4. The van der Waals surface area contributed by atoms with E-state index in [-0.39, 0.29) is 66.8 Å². The number of pyridine rings is 1. The number of benzene rings is 2. The Labute approximate surface area is 340 Å². The summed E-state index contributed by atoms with van der Waals surface area (Å²) >= 11 is 0. The molecule has 5 heterocycles. The molecule has 3 aliphatic heterocycles. The topological polar surface area (TPSA) is 145 Å². The van der Waals surface area contributed by atoms with Crippen LogP contribution >= 0.6 is 0 Å². The number of rotatable bonds is 10. The summed E-state index contributed by atoms with van der Waals surface area (Å²) in [6.07, 6.45) is 6.64. The number of nitrogens with zero attached hydrogens (tertiary/aromatic N) is 6. The Morgan fingerprint density at radius 2 is 1.63 bits per heavy atom. The highest BCUT2D eigenvalue weighted by Crippen LogP contribution is 2.33. The number of imide groups is 1. The number of carbonyl (C=O) groups excluding carboxylic acids is 3. The molecule has 13 nitrogen and oxygen atoms in total. The molecule has 1 aliphatic carbocycles. The van der Waals surface area contributed by atoms with Gasteiger partial charge in [-0.15, -0.1) is 0 Å². The number of halogens is 3. The van der Waals surface area contributed by atoms with Crippen LogP contribution in [0.25, 0.3) is 16.9 Å². The van der Waals surface area contributed by atoms with Crippen molar-refractivity contribution >= 4 is 35.0 Å². The molecule has 310 valence electrons. The van der Waals surface area contributed by atoms with Crippen LogP contribution in [0.15, 0.2) is 77.9 Å². The van der Waals surface area contributed by atoms with Gasteiger partial charge >= 0.3 is 0 Å². The van der Waals surface area contributed by atoms with Crippen molar-refractivity contribution in [1.29, 1.82) is 0 Å². The SMILES string of the molecule is O=C1CCC(Nc2ccc(N3CCN(CC4(F)CCN(C(=O)C5CCC(Nc6ncc(F)c(-c7cccc(-n8ccccc8=O)c7)n6)CC5)CC4)CC3)c(F)c2)C(=O)N1. The normalized spacial score (nSPS) is 22.5. The Hall–Kier alpha value is -5.77. The minimum absolute atomic E-state index is 0.00441. The zero-order valence-corrected chi connectivity index (χ0v) is 32.7. The van der Waals surface area contributed by atoms with Crippen LogP contribution in [0.2, 0.25) is 0 Å². The summed E-state index contributed by atoms with van der Waals surface area (Å²) in [6, 6.07) is 16.0. The standard InChI is InChI=1S/C43H48F3N9O4/c44-33-25-31(48-35-12-14-37(56)50-40(35)58)11-13-36(33)53-22-20-52(21-23-53)27-43(46)15-18-54(19-16-43)41(59)28-7-9-30(10-8-28)49-42-47-26-34(45)39(51-42)29-4-3-5-32(24-29)55-17-2-1-6-38(55)57/h1-6,11,13,17,24-26,28,30,35,48H,7-10,12,14-16,18-23,27H2,(H,47,49,51)(H,50,56,58). The summed E-state index contributed by atoms with van der Waals surface area (Å²) in [7, 11) is 0. The quantitative estimate of drug-likeness (QED) is 0.189. The van der Waals surface area contributed by atoms with Gasteiger partial charge in [0, 0.05) is 106 Å². The van der Waals surface area contributed by atoms with Crippen molar-refractivity contribution in [3.05, 3.63) is 95.0 Å². The third-order valence-corrected chi connectivity index (χ3v) is 12.1. The summed E-state index contributed by atoms with van der Waals surface area (Å²) in [4.78, 5) is 63.9. The van der Waals surface area contributed by atoms with Gasteiger partial charge in [-0.3, -0.25) is 34.0 Å². The van der Waals surface area contributed by atoms with Crippen molar-refractivity contribution in [2.75, 3.05) is 61.3 Å². The number of piperidine rings is 2. The van der Waals surface area contributed by atoms with Gasteiger partial charge in [0.2, 0.25) is 23.7 Å². The molecule has 0 spiro atoms. The van der Waals surface area contributed by atoms with Crippen molar-refractivity contribution in [1.82, 2.24) is 29.7 Å². The minimum atomic E-state index is -1.41. The zero-order chi connectivity index (χ0) is 41.1. The second kappa shape index (κ2) is 17.2. The highest BCUT2D eigenvalue weighted by molar-refractivity contribution is 6.01. The third kappa shape index (κ3) is 9.27. The van der Waals surface area contributed by atoms with Crippen molar-refractivity contribution < 1.29 is 27.6 Å². The fraction of sp³-hybridized carbons (Fsp3) is 0.442. The first kappa shape index (κ1) is 40.0. The number of hydrogen-bond donors (Lipinski definition) is 3. The Morgan fingerprint density at radius 3 is 2.36 bits per heavy atom. The van der Waals surface area contributed by atoms with Crippen molar-refractivity contribution in [2.24, 2.45) is 5.92 Å². The molecular weight excluding hydrogens is 764 g/mol. The van der Waals surface area contributed by atoms with Crippen LogP contribution < -0.4 is 26.4 Å². The lowest BCUT2D eigenvalue weighted by Crippen LogP contribution is -2.54. The van der Waals surface area contributed by atoms with Gasteiger partial charge in [0.25, 0.3) is 5.56 Å².